The molecule has 0 amide bonds. The van der Waals surface area contributed by atoms with E-state index in [4.69, 9.17) is 4.74 Å². The molecule has 0 atom stereocenters. The summed E-state index contributed by atoms with van der Waals surface area (Å²) in [5.41, 5.74) is 0. The maximum absolute atomic E-state index is 14.8. The van der Waals surface area contributed by atoms with Gasteiger partial charge in [-0.1, -0.05) is 66.7 Å². The average molecular weight is 340 g/mol. The molecule has 0 N–H and O–H groups in total. The van der Waals surface area contributed by atoms with Gasteiger partial charge in [0, 0.05) is 10.6 Å². The van der Waals surface area contributed by atoms with Gasteiger partial charge >= 0.3 is 0 Å². The molecule has 24 heavy (non-hydrogen) atoms. The monoisotopic (exact) mass is 340 g/mol. The second kappa shape index (κ2) is 7.02. The first kappa shape index (κ1) is 16.5. The van der Waals surface area contributed by atoms with E-state index in [1.807, 2.05) is 43.3 Å². The van der Waals surface area contributed by atoms with E-state index < -0.39 is 13.0 Å². The van der Waals surface area contributed by atoms with Gasteiger partial charge in [-0.2, -0.15) is 0 Å². The van der Waals surface area contributed by atoms with Gasteiger partial charge in [0.2, 0.25) is 0 Å². The lowest BCUT2D eigenvalue weighted by Gasteiger charge is -2.22. The van der Waals surface area contributed by atoms with Crippen molar-refractivity contribution in [2.75, 3.05) is 6.61 Å². The van der Waals surface area contributed by atoms with Crippen LogP contribution in [0, 0.1) is 5.82 Å². The zero-order valence-electron chi connectivity index (χ0n) is 13.4. The van der Waals surface area contributed by atoms with Gasteiger partial charge in [-0.15, -0.1) is 0 Å². The average Bonchev–Trinajstić information content (AvgIpc) is 2.63. The van der Waals surface area contributed by atoms with Crippen LogP contribution in [-0.2, 0) is 4.57 Å². The smallest absolute Gasteiger partial charge is 0.177 e. The summed E-state index contributed by atoms with van der Waals surface area (Å²) in [5, 5.41) is 1.30. The summed E-state index contributed by atoms with van der Waals surface area (Å²) in [6.45, 7) is 2.20. The maximum Gasteiger partial charge on any atom is 0.177 e. The van der Waals surface area contributed by atoms with Gasteiger partial charge in [0.25, 0.3) is 0 Å². The molecule has 0 aliphatic carbocycles. The highest BCUT2D eigenvalue weighted by molar-refractivity contribution is 7.85. The molecular weight excluding hydrogens is 322 g/mol. The zero-order valence-corrected chi connectivity index (χ0v) is 14.2. The molecular formula is C20H18FO2P. The van der Waals surface area contributed by atoms with Gasteiger partial charge in [0.1, 0.15) is 11.6 Å². The first-order chi connectivity index (χ1) is 11.7. The van der Waals surface area contributed by atoms with E-state index >= 15 is 0 Å². The Hall–Kier alpha value is -2.38. The van der Waals surface area contributed by atoms with Gasteiger partial charge in [0.05, 0.1) is 11.9 Å². The van der Waals surface area contributed by atoms with Gasteiger partial charge in [0.15, 0.2) is 7.14 Å². The molecule has 0 saturated heterocycles. The first-order valence-corrected chi connectivity index (χ1v) is 9.51. The van der Waals surface area contributed by atoms with Crippen LogP contribution in [0.4, 0.5) is 4.39 Å². The highest BCUT2D eigenvalue weighted by atomic mass is 31.2. The van der Waals surface area contributed by atoms with Crippen molar-refractivity contribution in [3.63, 3.8) is 0 Å². The second-order valence-electron chi connectivity index (χ2n) is 5.30. The fourth-order valence-electron chi connectivity index (χ4n) is 2.76. The van der Waals surface area contributed by atoms with Crippen molar-refractivity contribution in [2.45, 2.75) is 6.92 Å². The van der Waals surface area contributed by atoms with Crippen molar-refractivity contribution < 1.29 is 13.7 Å². The normalized spacial score (nSPS) is 11.2. The molecule has 0 saturated carbocycles. The number of rotatable bonds is 5. The summed E-state index contributed by atoms with van der Waals surface area (Å²) >= 11 is 0. The van der Waals surface area contributed by atoms with Gasteiger partial charge in [-0.05, 0) is 19.1 Å². The Morgan fingerprint density at radius 3 is 1.88 bits per heavy atom. The molecule has 0 fully saturated rings. The van der Waals surface area contributed by atoms with Crippen molar-refractivity contribution in [3.8, 4) is 5.75 Å². The van der Waals surface area contributed by atoms with Crippen molar-refractivity contribution in [1.82, 2.24) is 0 Å². The molecule has 0 aromatic heterocycles. The van der Waals surface area contributed by atoms with E-state index in [0.717, 1.165) is 0 Å². The van der Waals surface area contributed by atoms with Crippen LogP contribution in [0.25, 0.3) is 0 Å². The van der Waals surface area contributed by atoms with Crippen LogP contribution in [0.1, 0.15) is 6.92 Å². The maximum atomic E-state index is 14.8. The van der Waals surface area contributed by atoms with Crippen LogP contribution in [0.3, 0.4) is 0 Å². The Balaban J connectivity index is 2.35. The van der Waals surface area contributed by atoms with E-state index in [1.54, 1.807) is 36.4 Å². The minimum atomic E-state index is -3.38. The molecule has 122 valence electrons. The summed E-state index contributed by atoms with van der Waals surface area (Å²) in [6.07, 6.45) is 0. The standard InChI is InChI=1S/C20H18FO2P/c1-2-23-19-15-9-14-18(21)20(19)24(22,16-10-5-3-6-11-16)17-12-7-4-8-13-17/h3-15H,2H2,1H3. The number of halogens is 1. The minimum absolute atomic E-state index is 0.129. The minimum Gasteiger partial charge on any atom is -0.493 e. The molecule has 3 aromatic rings. The Labute approximate surface area is 141 Å². The number of ether oxygens (including phenoxy) is 1. The zero-order chi connectivity index (χ0) is 17.0. The summed E-state index contributed by atoms with van der Waals surface area (Å²) < 4.78 is 34.6. The van der Waals surface area contributed by atoms with Crippen LogP contribution in [0.2, 0.25) is 0 Å². The van der Waals surface area contributed by atoms with Crippen molar-refractivity contribution >= 4 is 23.1 Å². The number of hydrogen-bond donors (Lipinski definition) is 0. The van der Waals surface area contributed by atoms with Crippen molar-refractivity contribution in [1.29, 1.82) is 0 Å². The summed E-state index contributed by atoms with van der Waals surface area (Å²) in [4.78, 5) is 0. The molecule has 0 aliphatic heterocycles. The molecule has 0 heterocycles. The molecule has 0 unspecified atom stereocenters. The largest absolute Gasteiger partial charge is 0.493 e. The third kappa shape index (κ3) is 2.88. The van der Waals surface area contributed by atoms with E-state index in [-0.39, 0.29) is 5.30 Å². The predicted molar refractivity (Wildman–Crippen MR) is 97.0 cm³/mol. The molecule has 4 heteroatoms. The molecule has 0 bridgehead atoms. The Morgan fingerprint density at radius 1 is 0.833 bits per heavy atom. The van der Waals surface area contributed by atoms with Crippen LogP contribution in [0.5, 0.6) is 5.75 Å². The molecule has 3 rings (SSSR count). The highest BCUT2D eigenvalue weighted by Gasteiger charge is 2.35. The van der Waals surface area contributed by atoms with E-state index in [1.165, 1.54) is 6.07 Å². The number of hydrogen-bond acceptors (Lipinski definition) is 2. The van der Waals surface area contributed by atoms with Crippen LogP contribution >= 0.6 is 7.14 Å². The topological polar surface area (TPSA) is 26.3 Å². The quantitative estimate of drug-likeness (QED) is 0.659. The van der Waals surface area contributed by atoms with Gasteiger partial charge in [-0.3, -0.25) is 0 Å². The first-order valence-electron chi connectivity index (χ1n) is 7.81. The second-order valence-corrected chi connectivity index (χ2v) is 8.00. The summed E-state index contributed by atoms with van der Waals surface area (Å²) in [5.74, 6) is -0.189. The van der Waals surface area contributed by atoms with E-state index in [0.29, 0.717) is 23.0 Å². The Morgan fingerprint density at radius 2 is 1.38 bits per heavy atom. The fraction of sp³-hybridized carbons (Fsp3) is 0.100. The third-order valence-electron chi connectivity index (χ3n) is 3.80. The lowest BCUT2D eigenvalue weighted by molar-refractivity contribution is 0.341. The Bertz CT molecular complexity index is 820. The van der Waals surface area contributed by atoms with Crippen molar-refractivity contribution in [2.24, 2.45) is 0 Å². The van der Waals surface area contributed by atoms with Gasteiger partial charge in [-0.25, -0.2) is 4.39 Å². The van der Waals surface area contributed by atoms with Crippen LogP contribution in [0.15, 0.2) is 78.9 Å². The van der Waals surface area contributed by atoms with Crippen molar-refractivity contribution in [3.05, 3.63) is 84.7 Å². The lowest BCUT2D eigenvalue weighted by atomic mass is 10.3. The molecule has 3 aromatic carbocycles. The summed E-state index contributed by atoms with van der Waals surface area (Å²) in [7, 11) is -3.38. The van der Waals surface area contributed by atoms with E-state index in [9.17, 15) is 8.96 Å². The van der Waals surface area contributed by atoms with Crippen LogP contribution in [-0.4, -0.2) is 6.61 Å². The predicted octanol–water partition coefficient (Wildman–Crippen LogP) is 3.86. The Kier molecular flexibility index (Phi) is 4.82. The summed E-state index contributed by atoms with van der Waals surface area (Å²) in [6, 6.07) is 22.6. The lowest BCUT2D eigenvalue weighted by Crippen LogP contribution is -2.28. The van der Waals surface area contributed by atoms with Crippen LogP contribution < -0.4 is 20.7 Å². The third-order valence-corrected chi connectivity index (χ3v) is 6.92. The molecule has 0 aliphatic rings. The SMILES string of the molecule is CCOc1cccc(F)c1P(=O)(c1ccccc1)c1ccccc1. The van der Waals surface area contributed by atoms with Gasteiger partial charge < -0.3 is 9.30 Å². The molecule has 0 spiro atoms. The molecule has 2 nitrogen and oxygen atoms in total. The number of benzene rings is 3. The molecule has 0 radical (unpaired) electrons. The van der Waals surface area contributed by atoms with E-state index in [2.05, 4.69) is 0 Å². The fourth-order valence-corrected chi connectivity index (χ4v) is 5.58. The highest BCUT2D eigenvalue weighted by Crippen LogP contribution is 2.45.